The highest BCUT2D eigenvalue weighted by Gasteiger charge is 2.24. The van der Waals surface area contributed by atoms with Gasteiger partial charge in [0.05, 0.1) is 18.1 Å². The van der Waals surface area contributed by atoms with Crippen LogP contribution in [0, 0.1) is 6.92 Å². The lowest BCUT2D eigenvalue weighted by Gasteiger charge is -2.22. The number of aryl methyl sites for hydroxylation is 1. The third-order valence-corrected chi connectivity index (χ3v) is 4.70. The van der Waals surface area contributed by atoms with Gasteiger partial charge in [-0.25, -0.2) is 18.4 Å². The quantitative estimate of drug-likeness (QED) is 0.924. The summed E-state index contributed by atoms with van der Waals surface area (Å²) in [4.78, 5) is 7.48. The molecule has 0 atom stereocenters. The lowest BCUT2D eigenvalue weighted by atomic mass is 10.2. The van der Waals surface area contributed by atoms with Crippen LogP contribution in [-0.2, 0) is 10.0 Å². The first-order valence-corrected chi connectivity index (χ1v) is 7.56. The van der Waals surface area contributed by atoms with Crippen molar-refractivity contribution in [3.8, 4) is 0 Å². The molecule has 1 aromatic heterocycles. The Morgan fingerprint density at radius 2 is 1.70 bits per heavy atom. The van der Waals surface area contributed by atoms with Crippen LogP contribution in [0.5, 0.6) is 0 Å². The standard InChI is InChI=1S/C13H16N4O2S/c1-3-17(11-6-4-10(2)5-7-11)20(18,19)12-8-15-13(14)16-9-12/h4-9H,3H2,1-2H3,(H2,14,15,16). The van der Waals surface area contributed by atoms with Crippen LogP contribution in [0.25, 0.3) is 0 Å². The molecule has 2 aromatic rings. The van der Waals surface area contributed by atoms with Gasteiger partial charge in [0.25, 0.3) is 10.0 Å². The van der Waals surface area contributed by atoms with Crippen molar-refractivity contribution in [2.24, 2.45) is 0 Å². The van der Waals surface area contributed by atoms with Crippen LogP contribution < -0.4 is 10.0 Å². The molecular formula is C13H16N4O2S. The second-order valence-electron chi connectivity index (χ2n) is 4.28. The Balaban J connectivity index is 2.44. The third kappa shape index (κ3) is 2.72. The second kappa shape index (κ2) is 5.46. The molecular weight excluding hydrogens is 276 g/mol. The highest BCUT2D eigenvalue weighted by atomic mass is 32.2. The Labute approximate surface area is 118 Å². The number of rotatable bonds is 4. The van der Waals surface area contributed by atoms with Gasteiger partial charge in [-0.2, -0.15) is 0 Å². The van der Waals surface area contributed by atoms with Crippen molar-refractivity contribution >= 4 is 21.7 Å². The summed E-state index contributed by atoms with van der Waals surface area (Å²) in [5.74, 6) is 0.0438. The fourth-order valence-corrected chi connectivity index (χ4v) is 3.15. The summed E-state index contributed by atoms with van der Waals surface area (Å²) in [6, 6.07) is 7.28. The van der Waals surface area contributed by atoms with Gasteiger partial charge in [-0.15, -0.1) is 0 Å². The van der Waals surface area contributed by atoms with E-state index in [1.807, 2.05) is 19.1 Å². The summed E-state index contributed by atoms with van der Waals surface area (Å²) in [7, 11) is -3.68. The number of hydrogen-bond acceptors (Lipinski definition) is 5. The second-order valence-corrected chi connectivity index (χ2v) is 6.14. The van der Waals surface area contributed by atoms with Crippen LogP contribution in [0.15, 0.2) is 41.6 Å². The van der Waals surface area contributed by atoms with Crippen molar-refractivity contribution in [3.05, 3.63) is 42.2 Å². The zero-order valence-corrected chi connectivity index (χ0v) is 12.1. The van der Waals surface area contributed by atoms with E-state index in [4.69, 9.17) is 5.73 Å². The maximum absolute atomic E-state index is 12.6. The molecule has 0 unspecified atom stereocenters. The van der Waals surface area contributed by atoms with Gasteiger partial charge >= 0.3 is 0 Å². The average Bonchev–Trinajstić information content (AvgIpc) is 2.42. The number of hydrogen-bond donors (Lipinski definition) is 1. The maximum Gasteiger partial charge on any atom is 0.267 e. The van der Waals surface area contributed by atoms with Gasteiger partial charge in [0.1, 0.15) is 4.90 Å². The Kier molecular flexibility index (Phi) is 3.89. The number of aromatic nitrogens is 2. The molecule has 0 fully saturated rings. The average molecular weight is 292 g/mol. The van der Waals surface area contributed by atoms with Crippen LogP contribution in [0.4, 0.5) is 11.6 Å². The minimum atomic E-state index is -3.68. The SMILES string of the molecule is CCN(c1ccc(C)cc1)S(=O)(=O)c1cnc(N)nc1. The molecule has 106 valence electrons. The fraction of sp³-hybridized carbons (Fsp3) is 0.231. The van der Waals surface area contributed by atoms with E-state index < -0.39 is 10.0 Å². The van der Waals surface area contributed by atoms with Crippen LogP contribution in [0.1, 0.15) is 12.5 Å². The van der Waals surface area contributed by atoms with Gasteiger partial charge in [-0.3, -0.25) is 4.31 Å². The number of nitrogens with two attached hydrogens (primary N) is 1. The molecule has 0 aliphatic heterocycles. The topological polar surface area (TPSA) is 89.2 Å². The van der Waals surface area contributed by atoms with Gasteiger partial charge in [0, 0.05) is 6.54 Å². The fourth-order valence-electron chi connectivity index (χ4n) is 1.79. The molecule has 7 heteroatoms. The summed E-state index contributed by atoms with van der Waals surface area (Å²) in [5.41, 5.74) is 7.05. The van der Waals surface area contributed by atoms with Crippen molar-refractivity contribution in [1.29, 1.82) is 0 Å². The zero-order valence-electron chi connectivity index (χ0n) is 11.3. The first kappa shape index (κ1) is 14.3. The number of nitrogens with zero attached hydrogens (tertiary/aromatic N) is 3. The van der Waals surface area contributed by atoms with Gasteiger partial charge in [-0.1, -0.05) is 17.7 Å². The van der Waals surface area contributed by atoms with Gasteiger partial charge in [0.2, 0.25) is 5.95 Å². The minimum absolute atomic E-state index is 0.0223. The number of anilines is 2. The smallest absolute Gasteiger partial charge is 0.267 e. The first-order valence-electron chi connectivity index (χ1n) is 6.12. The van der Waals surface area contributed by atoms with Gasteiger partial charge in [0.15, 0.2) is 0 Å². The molecule has 1 heterocycles. The van der Waals surface area contributed by atoms with Crippen LogP contribution in [-0.4, -0.2) is 24.9 Å². The van der Waals surface area contributed by atoms with Crippen molar-refractivity contribution in [1.82, 2.24) is 9.97 Å². The zero-order chi connectivity index (χ0) is 14.8. The van der Waals surface area contributed by atoms with Crippen molar-refractivity contribution in [3.63, 3.8) is 0 Å². The van der Waals surface area contributed by atoms with E-state index in [2.05, 4.69) is 9.97 Å². The van der Waals surface area contributed by atoms with E-state index in [-0.39, 0.29) is 10.8 Å². The maximum atomic E-state index is 12.6. The molecule has 0 radical (unpaired) electrons. The Morgan fingerprint density at radius 3 is 2.20 bits per heavy atom. The van der Waals surface area contributed by atoms with E-state index in [9.17, 15) is 8.42 Å². The Hall–Kier alpha value is -2.15. The minimum Gasteiger partial charge on any atom is -0.368 e. The molecule has 6 nitrogen and oxygen atoms in total. The largest absolute Gasteiger partial charge is 0.368 e. The predicted octanol–water partition coefficient (Wildman–Crippen LogP) is 1.58. The van der Waals surface area contributed by atoms with Crippen molar-refractivity contribution < 1.29 is 8.42 Å². The lowest BCUT2D eigenvalue weighted by molar-refractivity contribution is 0.591. The summed E-state index contributed by atoms with van der Waals surface area (Å²) in [6.07, 6.45) is 2.43. The Bertz CT molecular complexity index is 681. The monoisotopic (exact) mass is 292 g/mol. The van der Waals surface area contributed by atoms with Crippen molar-refractivity contribution in [2.45, 2.75) is 18.7 Å². The van der Waals surface area contributed by atoms with E-state index in [1.165, 1.54) is 16.7 Å². The summed E-state index contributed by atoms with van der Waals surface area (Å²) in [5, 5.41) is 0. The first-order chi connectivity index (χ1) is 9.45. The molecule has 2 N–H and O–H groups in total. The highest BCUT2D eigenvalue weighted by molar-refractivity contribution is 7.92. The summed E-state index contributed by atoms with van der Waals surface area (Å²) < 4.78 is 26.4. The van der Waals surface area contributed by atoms with Crippen LogP contribution in [0.3, 0.4) is 0 Å². The highest BCUT2D eigenvalue weighted by Crippen LogP contribution is 2.23. The van der Waals surface area contributed by atoms with Crippen LogP contribution in [0.2, 0.25) is 0 Å². The molecule has 0 aliphatic rings. The number of benzene rings is 1. The molecule has 0 spiro atoms. The van der Waals surface area contributed by atoms with Gasteiger partial charge < -0.3 is 5.73 Å². The normalized spacial score (nSPS) is 11.3. The van der Waals surface area contributed by atoms with Crippen LogP contribution >= 0.6 is 0 Å². The predicted molar refractivity (Wildman–Crippen MR) is 77.8 cm³/mol. The third-order valence-electron chi connectivity index (χ3n) is 2.85. The molecule has 0 amide bonds. The molecule has 0 bridgehead atoms. The summed E-state index contributed by atoms with van der Waals surface area (Å²) >= 11 is 0. The van der Waals surface area contributed by atoms with Gasteiger partial charge in [-0.05, 0) is 26.0 Å². The van der Waals surface area contributed by atoms with E-state index in [0.29, 0.717) is 12.2 Å². The Morgan fingerprint density at radius 1 is 1.15 bits per heavy atom. The molecule has 0 saturated heterocycles. The number of nitrogen functional groups attached to an aromatic ring is 1. The molecule has 1 aromatic carbocycles. The van der Waals surface area contributed by atoms with E-state index in [0.717, 1.165) is 5.56 Å². The van der Waals surface area contributed by atoms with E-state index in [1.54, 1.807) is 19.1 Å². The molecule has 0 saturated carbocycles. The molecule has 0 aliphatic carbocycles. The number of sulfonamides is 1. The molecule has 2 rings (SSSR count). The molecule has 20 heavy (non-hydrogen) atoms. The lowest BCUT2D eigenvalue weighted by Crippen LogP contribution is -2.31. The van der Waals surface area contributed by atoms with Crippen molar-refractivity contribution in [2.75, 3.05) is 16.6 Å². The van der Waals surface area contributed by atoms with E-state index >= 15 is 0 Å². The summed E-state index contributed by atoms with van der Waals surface area (Å²) in [6.45, 7) is 4.04.